The maximum atomic E-state index is 14.7. The summed E-state index contributed by atoms with van der Waals surface area (Å²) in [5.74, 6) is -10.6. The smallest absolute Gasteiger partial charge is 0.305 e. The topological polar surface area (TPSA) is 319 Å². The molecular formula is C47H67N7O13. The molecule has 0 aromatic heterocycles. The molecular weight excluding hydrogens is 871 g/mol. The molecule has 368 valence electrons. The molecule has 20 nitrogen and oxygen atoms in total. The Kier molecular flexibility index (Phi) is 22.8. The first-order valence-electron chi connectivity index (χ1n) is 22.1. The second-order valence-corrected chi connectivity index (χ2v) is 18.1. The zero-order valence-electron chi connectivity index (χ0n) is 39.3. The van der Waals surface area contributed by atoms with Crippen molar-refractivity contribution in [3.63, 3.8) is 0 Å². The highest BCUT2D eigenvalue weighted by atomic mass is 16.5. The fraction of sp³-hybridized carbons (Fsp3) is 0.532. The van der Waals surface area contributed by atoms with Crippen molar-refractivity contribution in [2.24, 2.45) is 17.1 Å². The second-order valence-electron chi connectivity index (χ2n) is 18.1. The molecule has 0 aliphatic rings. The first kappa shape index (κ1) is 56.4. The van der Waals surface area contributed by atoms with Crippen molar-refractivity contribution in [2.75, 3.05) is 6.61 Å². The van der Waals surface area contributed by atoms with Crippen LogP contribution in [0.25, 0.3) is 0 Å². The second kappa shape index (κ2) is 27.1. The highest BCUT2D eigenvalue weighted by Crippen LogP contribution is 2.23. The molecule has 2 aromatic carbocycles. The summed E-state index contributed by atoms with van der Waals surface area (Å²) >= 11 is 0. The van der Waals surface area contributed by atoms with E-state index < -0.39 is 126 Å². The average molecular weight is 938 g/mol. The summed E-state index contributed by atoms with van der Waals surface area (Å²) in [6.45, 7) is 11.3. The molecule has 10 N–H and O–H groups in total. The number of benzene rings is 2. The van der Waals surface area contributed by atoms with Crippen molar-refractivity contribution in [3.8, 4) is 0 Å². The number of ether oxygens (including phenoxy) is 1. The van der Waals surface area contributed by atoms with Crippen LogP contribution in [0.1, 0.15) is 105 Å². The number of carbonyl (C=O) groups excluding carboxylic acids is 8. The summed E-state index contributed by atoms with van der Waals surface area (Å²) < 4.78 is 5.82. The number of ketones is 1. The van der Waals surface area contributed by atoms with Crippen LogP contribution in [0, 0.1) is 11.3 Å². The van der Waals surface area contributed by atoms with E-state index in [9.17, 15) is 53.1 Å². The van der Waals surface area contributed by atoms with E-state index in [1.54, 1.807) is 81.4 Å². The number of nitrogens with two attached hydrogens (primary N) is 1. The van der Waals surface area contributed by atoms with E-state index >= 15 is 0 Å². The van der Waals surface area contributed by atoms with E-state index in [1.807, 2.05) is 20.8 Å². The third-order valence-electron chi connectivity index (χ3n) is 10.4. The van der Waals surface area contributed by atoms with Gasteiger partial charge in [-0.3, -0.25) is 47.9 Å². The fourth-order valence-electron chi connectivity index (χ4n) is 6.78. The number of amides is 7. The lowest BCUT2D eigenvalue weighted by Gasteiger charge is -2.37. The number of Topliss-reactive ketones (excluding diaryl/α,β-unsaturated/α-hetero) is 1. The molecule has 2 aromatic rings. The molecule has 0 fully saturated rings. The summed E-state index contributed by atoms with van der Waals surface area (Å²) in [6, 6.07) is 10.2. The number of carboxylic acids is 2. The van der Waals surface area contributed by atoms with Gasteiger partial charge in [-0.05, 0) is 42.2 Å². The van der Waals surface area contributed by atoms with Crippen LogP contribution >= 0.6 is 0 Å². The summed E-state index contributed by atoms with van der Waals surface area (Å²) in [4.78, 5) is 131. The normalized spacial score (nSPS) is 14.4. The maximum Gasteiger partial charge on any atom is 0.305 e. The lowest BCUT2D eigenvalue weighted by atomic mass is 9.84. The van der Waals surface area contributed by atoms with Crippen molar-refractivity contribution in [3.05, 3.63) is 71.8 Å². The minimum atomic E-state index is -1.90. The number of unbranched alkanes of at least 4 members (excludes halogenated alkanes) is 1. The third kappa shape index (κ3) is 20.1. The predicted octanol–water partition coefficient (Wildman–Crippen LogP) is 1.42. The van der Waals surface area contributed by atoms with Crippen LogP contribution in [-0.2, 0) is 65.7 Å². The third-order valence-corrected chi connectivity index (χ3v) is 10.4. The molecule has 0 aliphatic heterocycles. The highest BCUT2D eigenvalue weighted by Gasteiger charge is 2.43. The summed E-state index contributed by atoms with van der Waals surface area (Å²) in [5, 5.41) is 33.9. The molecule has 0 heterocycles. The van der Waals surface area contributed by atoms with Gasteiger partial charge in [0.2, 0.25) is 41.2 Å². The molecule has 0 radical (unpaired) electrons. The van der Waals surface area contributed by atoms with E-state index in [0.29, 0.717) is 24.0 Å². The van der Waals surface area contributed by atoms with E-state index in [4.69, 9.17) is 15.6 Å². The molecule has 0 saturated heterocycles. The van der Waals surface area contributed by atoms with Gasteiger partial charge in [-0.15, -0.1) is 0 Å². The number of nitrogens with one attached hydrogen (secondary N) is 6. The molecule has 0 aliphatic carbocycles. The van der Waals surface area contributed by atoms with Gasteiger partial charge in [0.05, 0.1) is 32.1 Å². The Labute approximate surface area is 390 Å². The van der Waals surface area contributed by atoms with Crippen molar-refractivity contribution < 1.29 is 62.9 Å². The highest BCUT2D eigenvalue weighted by molar-refractivity contribution is 6.37. The molecule has 0 spiro atoms. The molecule has 6 atom stereocenters. The fourth-order valence-corrected chi connectivity index (χ4v) is 6.78. The zero-order valence-corrected chi connectivity index (χ0v) is 39.3. The van der Waals surface area contributed by atoms with Gasteiger partial charge < -0.3 is 52.6 Å². The number of hydrogen-bond donors (Lipinski definition) is 9. The Bertz CT molecular complexity index is 2040. The number of aliphatic carboxylic acids is 2. The van der Waals surface area contributed by atoms with Crippen molar-refractivity contribution in [2.45, 2.75) is 142 Å². The Balaban J connectivity index is 2.55. The summed E-state index contributed by atoms with van der Waals surface area (Å²) in [6.07, 6.45) is -0.866. The Hall–Kier alpha value is -6.70. The van der Waals surface area contributed by atoms with Gasteiger partial charge >= 0.3 is 11.9 Å². The molecule has 7 amide bonds. The predicted molar refractivity (Wildman–Crippen MR) is 244 cm³/mol. The Morgan fingerprint density at radius 1 is 0.657 bits per heavy atom. The largest absolute Gasteiger partial charge is 0.481 e. The summed E-state index contributed by atoms with van der Waals surface area (Å²) in [7, 11) is 0. The Morgan fingerprint density at radius 3 is 1.73 bits per heavy atom. The minimum Gasteiger partial charge on any atom is -0.481 e. The van der Waals surface area contributed by atoms with Crippen LogP contribution in [0.3, 0.4) is 0 Å². The van der Waals surface area contributed by atoms with Gasteiger partial charge in [-0.1, -0.05) is 115 Å². The van der Waals surface area contributed by atoms with Gasteiger partial charge in [0.25, 0.3) is 5.91 Å². The van der Waals surface area contributed by atoms with Crippen molar-refractivity contribution in [1.82, 2.24) is 31.9 Å². The number of carbonyl (C=O) groups is 10. The SMILES string of the molecule is CCCC[C@H](NC(=O)[C@H](CC(C)C)NC(=O)[C@@H](NC(=O)[C@](C)(Cc1ccccc1)NC(=O)[C@@H](COCc1ccccc1)NC(=O)[C@H](CC(=O)O)NC(=O)CCC(=O)O)C(C)(C)C)C(=O)C(N)=O. The molecule has 20 heteroatoms. The maximum absolute atomic E-state index is 14.7. The van der Waals surface area contributed by atoms with Crippen molar-refractivity contribution >= 4 is 59.1 Å². The van der Waals surface area contributed by atoms with E-state index in [2.05, 4.69) is 31.9 Å². The van der Waals surface area contributed by atoms with Gasteiger partial charge in [0, 0.05) is 12.8 Å². The molecule has 0 unspecified atom stereocenters. The number of hydrogen-bond acceptors (Lipinski definition) is 11. The van der Waals surface area contributed by atoms with Crippen LogP contribution in [0.2, 0.25) is 0 Å². The molecule has 0 bridgehead atoms. The first-order chi connectivity index (χ1) is 31.4. The quantitative estimate of drug-likeness (QED) is 0.0522. The number of primary amides is 1. The van der Waals surface area contributed by atoms with Gasteiger partial charge in [0.1, 0.15) is 29.7 Å². The standard InChI is InChI=1S/C47H67N7O13/c1-8-9-20-31(38(60)40(48)61)50-41(62)32(23-28(2)3)51-44(65)39(46(4,5)6)53-45(66)47(7,25-29-16-12-10-13-17-29)54-43(64)34(27-67-26-30-18-14-11-15-19-30)52-42(63)33(24-37(58)59)49-35(55)21-22-36(56)57/h10-19,28,31-34,39H,8-9,20-27H2,1-7H3,(H2,48,61)(H,49,55)(H,50,62)(H,51,65)(H,52,63)(H,53,66)(H,54,64)(H,56,57)(H,58,59)/t31-,32-,33-,34+,39+,47-/m0/s1. The number of carboxylic acid groups (broad SMARTS) is 2. The van der Waals surface area contributed by atoms with Crippen LogP contribution in [0.4, 0.5) is 0 Å². The van der Waals surface area contributed by atoms with Crippen LogP contribution in [0.5, 0.6) is 0 Å². The number of rotatable bonds is 29. The monoisotopic (exact) mass is 937 g/mol. The minimum absolute atomic E-state index is 0.0359. The average Bonchev–Trinajstić information content (AvgIpc) is 3.24. The van der Waals surface area contributed by atoms with Crippen LogP contribution < -0.4 is 37.6 Å². The van der Waals surface area contributed by atoms with Gasteiger partial charge in [-0.25, -0.2) is 0 Å². The lowest BCUT2D eigenvalue weighted by Crippen LogP contribution is -2.66. The van der Waals surface area contributed by atoms with Crippen LogP contribution in [0.15, 0.2) is 60.7 Å². The van der Waals surface area contributed by atoms with Crippen LogP contribution in [-0.4, -0.2) is 112 Å². The lowest BCUT2D eigenvalue weighted by molar-refractivity contribution is -0.142. The van der Waals surface area contributed by atoms with Gasteiger partial charge in [-0.2, -0.15) is 0 Å². The van der Waals surface area contributed by atoms with E-state index in [1.165, 1.54) is 6.92 Å². The van der Waals surface area contributed by atoms with E-state index in [0.717, 1.165) is 0 Å². The zero-order chi connectivity index (χ0) is 50.5. The van der Waals surface area contributed by atoms with E-state index in [-0.39, 0.29) is 31.8 Å². The first-order valence-corrected chi connectivity index (χ1v) is 22.1. The Morgan fingerprint density at radius 2 is 1.21 bits per heavy atom. The van der Waals surface area contributed by atoms with Gasteiger partial charge in [0.15, 0.2) is 0 Å². The summed E-state index contributed by atoms with van der Waals surface area (Å²) in [5.41, 5.74) is 3.61. The molecule has 0 saturated carbocycles. The molecule has 2 rings (SSSR count). The van der Waals surface area contributed by atoms with Crippen molar-refractivity contribution in [1.29, 1.82) is 0 Å². The molecule has 67 heavy (non-hydrogen) atoms.